The molecular formula is C16H14NO+. The number of pyridine rings is 1. The van der Waals surface area contributed by atoms with E-state index in [1.165, 1.54) is 10.8 Å². The molecular weight excluding hydrogens is 222 g/mol. The molecule has 3 rings (SSSR count). The van der Waals surface area contributed by atoms with Gasteiger partial charge < -0.3 is 4.74 Å². The smallest absolute Gasteiger partial charge is 0.222 e. The summed E-state index contributed by atoms with van der Waals surface area (Å²) >= 11 is 0. The number of rotatable bonds is 2. The maximum absolute atomic E-state index is 5.43. The van der Waals surface area contributed by atoms with Gasteiger partial charge >= 0.3 is 0 Å². The van der Waals surface area contributed by atoms with E-state index in [0.29, 0.717) is 0 Å². The highest BCUT2D eigenvalue weighted by molar-refractivity contribution is 5.93. The van der Waals surface area contributed by atoms with Gasteiger partial charge in [0.1, 0.15) is 5.75 Å². The van der Waals surface area contributed by atoms with Gasteiger partial charge in [0, 0.05) is 6.07 Å². The fraction of sp³-hybridized carbons (Fsp3) is 0.0625. The first-order valence-electron chi connectivity index (χ1n) is 5.93. The van der Waals surface area contributed by atoms with Gasteiger partial charge in [-0.25, -0.2) is 4.98 Å². The van der Waals surface area contributed by atoms with Gasteiger partial charge in [0.2, 0.25) is 5.69 Å². The van der Waals surface area contributed by atoms with Crippen molar-refractivity contribution in [2.24, 2.45) is 0 Å². The van der Waals surface area contributed by atoms with Gasteiger partial charge in [-0.1, -0.05) is 30.3 Å². The molecule has 88 valence electrons. The van der Waals surface area contributed by atoms with Gasteiger partial charge in [-0.05, 0) is 23.6 Å². The lowest BCUT2D eigenvalue weighted by Crippen LogP contribution is -2.06. The lowest BCUT2D eigenvalue weighted by molar-refractivity contribution is -0.362. The van der Waals surface area contributed by atoms with E-state index in [1.54, 1.807) is 7.11 Å². The standard InChI is InChI=1S/C16H13NO/c1-18-15-9-5-4-8-14(15)16-13-7-3-2-6-12(13)10-11-17-16/h2-11H,1H3/p+1. The van der Waals surface area contributed by atoms with Crippen LogP contribution in [-0.2, 0) is 0 Å². The van der Waals surface area contributed by atoms with Crippen molar-refractivity contribution in [3.8, 4) is 17.0 Å². The molecule has 0 fully saturated rings. The maximum atomic E-state index is 5.43. The predicted molar refractivity (Wildman–Crippen MR) is 72.5 cm³/mol. The van der Waals surface area contributed by atoms with Crippen LogP contribution in [0.25, 0.3) is 22.0 Å². The number of hydrogen-bond donors (Lipinski definition) is 0. The molecule has 0 aliphatic heterocycles. The van der Waals surface area contributed by atoms with Crippen LogP contribution < -0.4 is 9.72 Å². The fourth-order valence-corrected chi connectivity index (χ4v) is 2.24. The summed E-state index contributed by atoms with van der Waals surface area (Å²) in [6, 6.07) is 18.5. The first-order chi connectivity index (χ1) is 8.90. The topological polar surface area (TPSA) is 23.4 Å². The number of para-hydroxylation sites is 1. The second kappa shape index (κ2) is 4.49. The average molecular weight is 236 g/mol. The number of methoxy groups -OCH3 is 1. The van der Waals surface area contributed by atoms with E-state index < -0.39 is 0 Å². The van der Waals surface area contributed by atoms with E-state index in [0.717, 1.165) is 17.0 Å². The number of aromatic nitrogens is 1. The molecule has 0 aliphatic rings. The number of H-pyrrole nitrogens is 1. The SMILES string of the molecule is COc1ccccc1-c1[nH+]ccc2ccccc12. The minimum absolute atomic E-state index is 0.880. The van der Waals surface area contributed by atoms with Crippen LogP contribution in [0.1, 0.15) is 0 Å². The summed E-state index contributed by atoms with van der Waals surface area (Å²) in [5.41, 5.74) is 2.17. The van der Waals surface area contributed by atoms with Crippen LogP contribution in [0.2, 0.25) is 0 Å². The number of ether oxygens (including phenoxy) is 1. The van der Waals surface area contributed by atoms with Gasteiger partial charge in [-0.2, -0.15) is 0 Å². The van der Waals surface area contributed by atoms with Crippen LogP contribution in [0.5, 0.6) is 5.75 Å². The summed E-state index contributed by atoms with van der Waals surface area (Å²) < 4.78 is 5.43. The zero-order valence-corrected chi connectivity index (χ0v) is 10.2. The quantitative estimate of drug-likeness (QED) is 0.669. The summed E-state index contributed by atoms with van der Waals surface area (Å²) in [5.74, 6) is 0.880. The molecule has 3 aromatic rings. The Morgan fingerprint density at radius 3 is 2.56 bits per heavy atom. The monoisotopic (exact) mass is 236 g/mol. The first kappa shape index (κ1) is 10.8. The zero-order chi connectivity index (χ0) is 12.4. The highest BCUT2D eigenvalue weighted by atomic mass is 16.5. The van der Waals surface area contributed by atoms with Crippen molar-refractivity contribution >= 4 is 10.8 Å². The second-order valence-corrected chi connectivity index (χ2v) is 4.14. The molecule has 0 spiro atoms. The Morgan fingerprint density at radius 1 is 0.889 bits per heavy atom. The van der Waals surface area contributed by atoms with Gasteiger partial charge in [-0.15, -0.1) is 0 Å². The highest BCUT2D eigenvalue weighted by Gasteiger charge is 2.14. The highest BCUT2D eigenvalue weighted by Crippen LogP contribution is 2.31. The molecule has 0 radical (unpaired) electrons. The Balaban J connectivity index is 2.32. The molecule has 0 bridgehead atoms. The summed E-state index contributed by atoms with van der Waals surface area (Å²) in [4.78, 5) is 3.32. The minimum atomic E-state index is 0.880. The molecule has 0 saturated carbocycles. The number of nitrogens with one attached hydrogen (secondary N) is 1. The van der Waals surface area contributed by atoms with Gasteiger partial charge in [-0.3, -0.25) is 0 Å². The van der Waals surface area contributed by atoms with Crippen molar-refractivity contribution in [2.75, 3.05) is 7.11 Å². The van der Waals surface area contributed by atoms with Crippen LogP contribution in [0, 0.1) is 0 Å². The Kier molecular flexibility index (Phi) is 2.69. The molecule has 1 N–H and O–H groups in total. The Morgan fingerprint density at radius 2 is 1.67 bits per heavy atom. The van der Waals surface area contributed by atoms with Crippen LogP contribution in [0.15, 0.2) is 60.8 Å². The first-order valence-corrected chi connectivity index (χ1v) is 5.93. The third-order valence-electron chi connectivity index (χ3n) is 3.10. The number of benzene rings is 2. The van der Waals surface area contributed by atoms with Crippen molar-refractivity contribution in [1.29, 1.82) is 0 Å². The number of fused-ring (bicyclic) bond motifs is 1. The van der Waals surface area contributed by atoms with E-state index in [4.69, 9.17) is 4.74 Å². The maximum Gasteiger partial charge on any atom is 0.222 e. The molecule has 2 aromatic carbocycles. The van der Waals surface area contributed by atoms with Crippen LogP contribution in [-0.4, -0.2) is 7.11 Å². The van der Waals surface area contributed by atoms with E-state index in [-0.39, 0.29) is 0 Å². The predicted octanol–water partition coefficient (Wildman–Crippen LogP) is 3.33. The van der Waals surface area contributed by atoms with Crippen LogP contribution >= 0.6 is 0 Å². The lowest BCUT2D eigenvalue weighted by atomic mass is 10.0. The summed E-state index contributed by atoms with van der Waals surface area (Å²) in [7, 11) is 1.70. The Hall–Kier alpha value is -2.35. The van der Waals surface area contributed by atoms with Gasteiger partial charge in [0.05, 0.1) is 18.1 Å². The van der Waals surface area contributed by atoms with E-state index in [9.17, 15) is 0 Å². The Bertz CT molecular complexity index is 686. The van der Waals surface area contributed by atoms with Crippen molar-refractivity contribution in [2.45, 2.75) is 0 Å². The molecule has 18 heavy (non-hydrogen) atoms. The third kappa shape index (κ3) is 1.72. The number of aromatic amines is 1. The minimum Gasteiger partial charge on any atom is -0.496 e. The Labute approximate surface area is 106 Å². The van der Waals surface area contributed by atoms with Gasteiger partial charge in [0.25, 0.3) is 0 Å². The van der Waals surface area contributed by atoms with Crippen LogP contribution in [0.4, 0.5) is 0 Å². The van der Waals surface area contributed by atoms with Crippen molar-refractivity contribution in [3.05, 3.63) is 60.8 Å². The average Bonchev–Trinajstić information content (AvgIpc) is 2.46. The van der Waals surface area contributed by atoms with Gasteiger partial charge in [0.15, 0.2) is 6.20 Å². The summed E-state index contributed by atoms with van der Waals surface area (Å²) in [6.07, 6.45) is 1.96. The molecule has 2 nitrogen and oxygen atoms in total. The van der Waals surface area contributed by atoms with Crippen LogP contribution in [0.3, 0.4) is 0 Å². The normalized spacial score (nSPS) is 10.5. The van der Waals surface area contributed by atoms with E-state index >= 15 is 0 Å². The molecule has 2 heteroatoms. The van der Waals surface area contributed by atoms with E-state index in [2.05, 4.69) is 35.3 Å². The third-order valence-corrected chi connectivity index (χ3v) is 3.10. The molecule has 0 aliphatic carbocycles. The molecule has 0 saturated heterocycles. The summed E-state index contributed by atoms with van der Waals surface area (Å²) in [5, 5.41) is 2.42. The molecule has 0 unspecified atom stereocenters. The second-order valence-electron chi connectivity index (χ2n) is 4.14. The van der Waals surface area contributed by atoms with Crippen molar-refractivity contribution < 1.29 is 9.72 Å². The molecule has 0 atom stereocenters. The lowest BCUT2D eigenvalue weighted by Gasteiger charge is -2.06. The van der Waals surface area contributed by atoms with E-state index in [1.807, 2.05) is 30.5 Å². The zero-order valence-electron chi connectivity index (χ0n) is 10.2. The molecule has 0 amide bonds. The molecule has 1 heterocycles. The van der Waals surface area contributed by atoms with Crippen molar-refractivity contribution in [3.63, 3.8) is 0 Å². The number of hydrogen-bond acceptors (Lipinski definition) is 1. The molecule has 1 aromatic heterocycles. The largest absolute Gasteiger partial charge is 0.496 e. The summed E-state index contributed by atoms with van der Waals surface area (Å²) in [6.45, 7) is 0. The van der Waals surface area contributed by atoms with Crippen molar-refractivity contribution in [1.82, 2.24) is 0 Å². The fourth-order valence-electron chi connectivity index (χ4n) is 2.24.